The fraction of sp³-hybridized carbons (Fsp3) is 0.133. The van der Waals surface area contributed by atoms with Crippen LogP contribution in [0, 0.1) is 17.5 Å². The van der Waals surface area contributed by atoms with Crippen molar-refractivity contribution in [2.24, 2.45) is 5.16 Å². The van der Waals surface area contributed by atoms with Gasteiger partial charge in [-0.1, -0.05) is 22.8 Å². The molecule has 0 aliphatic heterocycles. The summed E-state index contributed by atoms with van der Waals surface area (Å²) in [5.74, 6) is -2.41. The Balaban J connectivity index is 2.08. The lowest BCUT2D eigenvalue weighted by Crippen LogP contribution is -2.00. The van der Waals surface area contributed by atoms with Gasteiger partial charge in [0.15, 0.2) is 11.6 Å². The Hall–Kier alpha value is -2.01. The van der Waals surface area contributed by atoms with Crippen LogP contribution in [-0.2, 0) is 11.4 Å². The molecule has 0 aromatic heterocycles. The molecule has 0 aliphatic rings. The number of benzene rings is 2. The summed E-state index contributed by atoms with van der Waals surface area (Å²) < 4.78 is 39.4. The van der Waals surface area contributed by atoms with E-state index in [1.807, 2.05) is 0 Å². The largest absolute Gasteiger partial charge is 0.391 e. The van der Waals surface area contributed by atoms with Gasteiger partial charge in [0, 0.05) is 11.1 Å². The van der Waals surface area contributed by atoms with Gasteiger partial charge in [-0.15, -0.1) is 0 Å². The van der Waals surface area contributed by atoms with E-state index in [4.69, 9.17) is 16.4 Å². The third kappa shape index (κ3) is 3.76. The van der Waals surface area contributed by atoms with Crippen LogP contribution in [0.1, 0.15) is 18.1 Å². The van der Waals surface area contributed by atoms with Gasteiger partial charge in [0.1, 0.15) is 12.4 Å². The molecule has 2 aromatic carbocycles. The summed E-state index contributed by atoms with van der Waals surface area (Å²) in [5.41, 5.74) is 0.885. The molecule has 0 atom stereocenters. The van der Waals surface area contributed by atoms with Crippen molar-refractivity contribution in [3.63, 3.8) is 0 Å². The van der Waals surface area contributed by atoms with Gasteiger partial charge >= 0.3 is 0 Å². The van der Waals surface area contributed by atoms with Crippen LogP contribution in [0.4, 0.5) is 13.2 Å². The molecule has 6 heteroatoms. The van der Waals surface area contributed by atoms with E-state index >= 15 is 0 Å². The molecule has 0 saturated heterocycles. The van der Waals surface area contributed by atoms with Crippen molar-refractivity contribution < 1.29 is 18.0 Å². The van der Waals surface area contributed by atoms with Crippen molar-refractivity contribution >= 4 is 17.3 Å². The first kappa shape index (κ1) is 15.4. The van der Waals surface area contributed by atoms with E-state index in [2.05, 4.69) is 5.16 Å². The third-order valence-corrected chi connectivity index (χ3v) is 3.16. The van der Waals surface area contributed by atoms with Gasteiger partial charge in [0.2, 0.25) is 0 Å². The highest BCUT2D eigenvalue weighted by Crippen LogP contribution is 2.20. The summed E-state index contributed by atoms with van der Waals surface area (Å²) >= 11 is 5.84. The van der Waals surface area contributed by atoms with Crippen LogP contribution in [0.5, 0.6) is 0 Å². The second-order valence-corrected chi connectivity index (χ2v) is 4.69. The number of nitrogens with zero attached hydrogens (tertiary/aromatic N) is 1. The Labute approximate surface area is 124 Å². The van der Waals surface area contributed by atoms with Crippen molar-refractivity contribution in [2.75, 3.05) is 0 Å². The Morgan fingerprint density at radius 2 is 1.86 bits per heavy atom. The van der Waals surface area contributed by atoms with E-state index in [9.17, 15) is 13.2 Å². The van der Waals surface area contributed by atoms with Crippen molar-refractivity contribution in [3.8, 4) is 0 Å². The molecule has 2 nitrogen and oxygen atoms in total. The van der Waals surface area contributed by atoms with Crippen LogP contribution in [0.2, 0.25) is 5.02 Å². The number of hydrogen-bond acceptors (Lipinski definition) is 2. The van der Waals surface area contributed by atoms with E-state index in [0.29, 0.717) is 11.3 Å². The summed E-state index contributed by atoms with van der Waals surface area (Å²) in [6.07, 6.45) is 0. The SMILES string of the molecule is C/C(=N/OCc1c(F)cccc1Cl)c1ccc(F)c(F)c1. The normalized spacial score (nSPS) is 11.6. The van der Waals surface area contributed by atoms with Crippen molar-refractivity contribution in [1.29, 1.82) is 0 Å². The second-order valence-electron chi connectivity index (χ2n) is 4.28. The maximum absolute atomic E-state index is 13.5. The molecule has 0 unspecified atom stereocenters. The molecule has 0 amide bonds. The average molecular weight is 314 g/mol. The molecule has 0 saturated carbocycles. The molecule has 0 N–H and O–H groups in total. The Kier molecular flexibility index (Phi) is 4.85. The molecular formula is C15H11ClF3NO. The molecule has 110 valence electrons. The summed E-state index contributed by atoms with van der Waals surface area (Å²) in [6.45, 7) is 1.40. The zero-order valence-corrected chi connectivity index (χ0v) is 11.8. The minimum atomic E-state index is -0.973. The number of hydrogen-bond donors (Lipinski definition) is 0. The number of oxime groups is 1. The summed E-state index contributed by atoms with van der Waals surface area (Å²) in [5, 5.41) is 3.98. The average Bonchev–Trinajstić information content (AvgIpc) is 2.45. The van der Waals surface area contributed by atoms with Gasteiger partial charge in [-0.3, -0.25) is 0 Å². The molecule has 0 heterocycles. The van der Waals surface area contributed by atoms with Gasteiger partial charge < -0.3 is 4.84 Å². The first-order valence-electron chi connectivity index (χ1n) is 6.04. The fourth-order valence-corrected chi connectivity index (χ4v) is 1.86. The minimum Gasteiger partial charge on any atom is -0.391 e. The van der Waals surface area contributed by atoms with Crippen LogP contribution in [0.25, 0.3) is 0 Å². The van der Waals surface area contributed by atoms with Crippen molar-refractivity contribution in [2.45, 2.75) is 13.5 Å². The Bertz CT molecular complexity index is 668. The van der Waals surface area contributed by atoms with Crippen molar-refractivity contribution in [1.82, 2.24) is 0 Å². The predicted molar refractivity (Wildman–Crippen MR) is 74.8 cm³/mol. The first-order chi connectivity index (χ1) is 9.99. The monoisotopic (exact) mass is 313 g/mol. The molecule has 2 aromatic rings. The third-order valence-electron chi connectivity index (χ3n) is 2.81. The summed E-state index contributed by atoms with van der Waals surface area (Å²) in [6, 6.07) is 7.66. The number of rotatable bonds is 4. The van der Waals surface area contributed by atoms with Gasteiger partial charge in [0.05, 0.1) is 10.7 Å². The standard InChI is InChI=1S/C15H11ClF3NO/c1-9(10-5-6-14(18)15(19)7-10)20-21-8-11-12(16)3-2-4-13(11)17/h2-7H,8H2,1H3/b20-9-. The zero-order valence-electron chi connectivity index (χ0n) is 11.0. The minimum absolute atomic E-state index is 0.160. The highest BCUT2D eigenvalue weighted by molar-refractivity contribution is 6.31. The summed E-state index contributed by atoms with van der Waals surface area (Å²) in [4.78, 5) is 5.01. The van der Waals surface area contributed by atoms with Crippen LogP contribution in [0.3, 0.4) is 0 Å². The van der Waals surface area contributed by atoms with Gasteiger partial charge in [-0.05, 0) is 37.3 Å². The summed E-state index contributed by atoms with van der Waals surface area (Å²) in [7, 11) is 0. The fourth-order valence-electron chi connectivity index (χ4n) is 1.64. The molecule has 2 rings (SSSR count). The molecular weight excluding hydrogens is 303 g/mol. The van der Waals surface area contributed by atoms with Gasteiger partial charge in [-0.2, -0.15) is 0 Å². The van der Waals surface area contributed by atoms with E-state index in [-0.39, 0.29) is 17.2 Å². The highest BCUT2D eigenvalue weighted by Gasteiger charge is 2.08. The van der Waals surface area contributed by atoms with Crippen LogP contribution >= 0.6 is 11.6 Å². The van der Waals surface area contributed by atoms with Gasteiger partial charge in [0.25, 0.3) is 0 Å². The van der Waals surface area contributed by atoms with Crippen molar-refractivity contribution in [3.05, 3.63) is 70.0 Å². The zero-order chi connectivity index (χ0) is 15.4. The lowest BCUT2D eigenvalue weighted by Gasteiger charge is -2.06. The predicted octanol–water partition coefficient (Wildman–Crippen LogP) is 4.70. The van der Waals surface area contributed by atoms with E-state index in [1.54, 1.807) is 6.92 Å². The lowest BCUT2D eigenvalue weighted by atomic mass is 10.1. The maximum Gasteiger partial charge on any atom is 0.159 e. The second kappa shape index (κ2) is 6.63. The quantitative estimate of drug-likeness (QED) is 0.592. The van der Waals surface area contributed by atoms with E-state index in [0.717, 1.165) is 12.1 Å². The highest BCUT2D eigenvalue weighted by atomic mass is 35.5. The molecule has 0 bridgehead atoms. The van der Waals surface area contributed by atoms with Crippen LogP contribution < -0.4 is 0 Å². The molecule has 21 heavy (non-hydrogen) atoms. The van der Waals surface area contributed by atoms with Crippen LogP contribution in [-0.4, -0.2) is 5.71 Å². The molecule has 0 radical (unpaired) electrons. The molecule has 0 aliphatic carbocycles. The molecule has 0 spiro atoms. The maximum atomic E-state index is 13.5. The lowest BCUT2D eigenvalue weighted by molar-refractivity contribution is 0.128. The molecule has 0 fully saturated rings. The van der Waals surface area contributed by atoms with Gasteiger partial charge in [-0.25, -0.2) is 13.2 Å². The van der Waals surface area contributed by atoms with E-state index in [1.165, 1.54) is 24.3 Å². The van der Waals surface area contributed by atoms with E-state index < -0.39 is 17.5 Å². The Morgan fingerprint density at radius 3 is 2.52 bits per heavy atom. The smallest absolute Gasteiger partial charge is 0.159 e. The Morgan fingerprint density at radius 1 is 1.10 bits per heavy atom. The number of halogens is 4. The first-order valence-corrected chi connectivity index (χ1v) is 6.41. The topological polar surface area (TPSA) is 21.6 Å². The van der Waals surface area contributed by atoms with Crippen LogP contribution in [0.15, 0.2) is 41.6 Å².